The molecule has 0 N–H and O–H groups in total. The molecule has 0 fully saturated rings. The molecule has 0 saturated carbocycles. The van der Waals surface area contributed by atoms with Crippen LogP contribution in [0.25, 0.3) is 10.2 Å². The van der Waals surface area contributed by atoms with Crippen molar-refractivity contribution in [3.8, 4) is 0 Å². The zero-order chi connectivity index (χ0) is 22.2. The van der Waals surface area contributed by atoms with Crippen LogP contribution in [0.3, 0.4) is 0 Å². The highest BCUT2D eigenvalue weighted by Gasteiger charge is 2.24. The minimum Gasteiger partial charge on any atom is -0.467 e. The number of rotatable bonds is 6. The Labute approximate surface area is 185 Å². The number of anilines is 1. The highest BCUT2D eigenvalue weighted by atomic mass is 32.2. The zero-order valence-electron chi connectivity index (χ0n) is 17.5. The van der Waals surface area contributed by atoms with Crippen LogP contribution in [0.1, 0.15) is 34.2 Å². The number of carbonyl (C=O) groups is 1. The Hall–Kier alpha value is -2.97. The van der Waals surface area contributed by atoms with Crippen molar-refractivity contribution in [2.24, 2.45) is 0 Å². The summed E-state index contributed by atoms with van der Waals surface area (Å²) < 4.78 is 31.1. The van der Waals surface area contributed by atoms with Crippen LogP contribution in [0, 0.1) is 13.8 Å². The van der Waals surface area contributed by atoms with E-state index in [1.165, 1.54) is 28.4 Å². The Bertz CT molecular complexity index is 1360. The third kappa shape index (κ3) is 4.13. The number of furan rings is 1. The molecular formula is C23H22N2O4S2. The molecule has 0 bridgehead atoms. The van der Waals surface area contributed by atoms with Crippen LogP contribution in [0.15, 0.2) is 64.1 Å². The highest BCUT2D eigenvalue weighted by molar-refractivity contribution is 7.91. The summed E-state index contributed by atoms with van der Waals surface area (Å²) >= 11 is 1.42. The van der Waals surface area contributed by atoms with Gasteiger partial charge in [0.1, 0.15) is 5.76 Å². The fourth-order valence-electron chi connectivity index (χ4n) is 3.26. The Morgan fingerprint density at radius 2 is 1.94 bits per heavy atom. The van der Waals surface area contributed by atoms with Gasteiger partial charge in [0.25, 0.3) is 5.91 Å². The van der Waals surface area contributed by atoms with E-state index in [9.17, 15) is 13.2 Å². The molecule has 2 heterocycles. The lowest BCUT2D eigenvalue weighted by molar-refractivity contribution is 0.0983. The summed E-state index contributed by atoms with van der Waals surface area (Å²) in [6, 6.07) is 13.7. The van der Waals surface area contributed by atoms with Crippen molar-refractivity contribution in [3.63, 3.8) is 0 Å². The maximum Gasteiger partial charge on any atom is 0.260 e. The van der Waals surface area contributed by atoms with E-state index in [2.05, 4.69) is 0 Å². The number of fused-ring (bicyclic) bond motifs is 1. The van der Waals surface area contributed by atoms with Gasteiger partial charge in [-0.15, -0.1) is 0 Å². The molecule has 160 valence electrons. The molecule has 0 aliphatic heterocycles. The van der Waals surface area contributed by atoms with E-state index in [-0.39, 0.29) is 28.7 Å². The summed E-state index contributed by atoms with van der Waals surface area (Å²) in [5, 5.41) is 0.536. The Morgan fingerprint density at radius 1 is 1.13 bits per heavy atom. The number of aryl methyl sites for hydroxylation is 2. The topological polar surface area (TPSA) is 80.5 Å². The molecule has 0 radical (unpaired) electrons. The number of nitrogens with zero attached hydrogens (tertiary/aromatic N) is 2. The van der Waals surface area contributed by atoms with Gasteiger partial charge in [-0.3, -0.25) is 9.69 Å². The molecule has 4 rings (SSSR count). The van der Waals surface area contributed by atoms with Gasteiger partial charge in [-0.1, -0.05) is 30.4 Å². The average molecular weight is 455 g/mol. The van der Waals surface area contributed by atoms with Crippen LogP contribution < -0.4 is 4.90 Å². The molecule has 0 spiro atoms. The lowest BCUT2D eigenvalue weighted by Gasteiger charge is -2.19. The summed E-state index contributed by atoms with van der Waals surface area (Å²) in [7, 11) is -3.43. The van der Waals surface area contributed by atoms with Gasteiger partial charge in [-0.25, -0.2) is 13.4 Å². The predicted octanol–water partition coefficient (Wildman–Crippen LogP) is 5.15. The van der Waals surface area contributed by atoms with Crippen LogP contribution in [0.2, 0.25) is 0 Å². The van der Waals surface area contributed by atoms with Crippen molar-refractivity contribution in [2.75, 3.05) is 10.7 Å². The largest absolute Gasteiger partial charge is 0.467 e. The lowest BCUT2D eigenvalue weighted by atomic mass is 10.1. The summed E-state index contributed by atoms with van der Waals surface area (Å²) in [5.41, 5.74) is 3.35. The highest BCUT2D eigenvalue weighted by Crippen LogP contribution is 2.33. The fraction of sp³-hybridized carbons (Fsp3) is 0.217. The van der Waals surface area contributed by atoms with E-state index >= 15 is 0 Å². The molecule has 6 nitrogen and oxygen atoms in total. The first-order valence-corrected chi connectivity index (χ1v) is 12.3. The minimum atomic E-state index is -3.43. The van der Waals surface area contributed by atoms with E-state index in [4.69, 9.17) is 9.40 Å². The van der Waals surface area contributed by atoms with Crippen molar-refractivity contribution in [1.82, 2.24) is 4.98 Å². The molecule has 8 heteroatoms. The van der Waals surface area contributed by atoms with E-state index in [0.29, 0.717) is 10.9 Å². The molecule has 1 amide bonds. The molecule has 2 aromatic carbocycles. The van der Waals surface area contributed by atoms with Gasteiger partial charge in [0, 0.05) is 5.56 Å². The van der Waals surface area contributed by atoms with Gasteiger partial charge in [0.05, 0.1) is 33.7 Å². The van der Waals surface area contributed by atoms with Crippen molar-refractivity contribution >= 4 is 42.4 Å². The zero-order valence-corrected chi connectivity index (χ0v) is 19.1. The third-order valence-corrected chi connectivity index (χ3v) is 8.04. The summed E-state index contributed by atoms with van der Waals surface area (Å²) in [4.78, 5) is 19.9. The van der Waals surface area contributed by atoms with Crippen molar-refractivity contribution in [2.45, 2.75) is 32.2 Å². The van der Waals surface area contributed by atoms with Crippen molar-refractivity contribution in [1.29, 1.82) is 0 Å². The van der Waals surface area contributed by atoms with Gasteiger partial charge in [-0.2, -0.15) is 0 Å². The quantitative estimate of drug-likeness (QED) is 0.403. The maximum absolute atomic E-state index is 13.5. The summed E-state index contributed by atoms with van der Waals surface area (Å²) in [6.07, 6.45) is 1.55. The maximum atomic E-state index is 13.5. The van der Waals surface area contributed by atoms with Gasteiger partial charge in [0.2, 0.25) is 0 Å². The van der Waals surface area contributed by atoms with Crippen LogP contribution >= 0.6 is 11.3 Å². The molecule has 0 aliphatic rings. The smallest absolute Gasteiger partial charge is 0.260 e. The number of thiazole rings is 1. The SMILES string of the molecule is CCS(=O)(=O)c1cccc(C(=O)N(Cc2ccco2)c2nc3c(C)c(C)ccc3s2)c1. The van der Waals surface area contributed by atoms with Crippen LogP contribution in [0.4, 0.5) is 5.13 Å². The summed E-state index contributed by atoms with van der Waals surface area (Å²) in [6.45, 7) is 5.81. The number of carbonyl (C=O) groups excluding carboxylic acids is 1. The molecule has 0 atom stereocenters. The van der Waals surface area contributed by atoms with E-state index < -0.39 is 9.84 Å². The lowest BCUT2D eigenvalue weighted by Crippen LogP contribution is -2.30. The number of hydrogen-bond donors (Lipinski definition) is 0. The van der Waals surface area contributed by atoms with Crippen molar-refractivity contribution < 1.29 is 17.6 Å². The number of aromatic nitrogens is 1. The monoisotopic (exact) mass is 454 g/mol. The molecule has 4 aromatic rings. The number of sulfone groups is 1. The summed E-state index contributed by atoms with van der Waals surface area (Å²) in [5.74, 6) is 0.243. The van der Waals surface area contributed by atoms with E-state index in [0.717, 1.165) is 21.3 Å². The standard InChI is InChI=1S/C23H22N2O4S2/c1-4-31(27,28)19-9-5-7-17(13-19)22(26)25(14-18-8-6-12-29-18)23-24-21-16(3)15(2)10-11-20(21)30-23/h5-13H,4,14H2,1-3H3. The molecule has 31 heavy (non-hydrogen) atoms. The first kappa shape index (κ1) is 21.3. The van der Waals surface area contributed by atoms with Crippen molar-refractivity contribution in [3.05, 3.63) is 77.2 Å². The number of benzene rings is 2. The third-order valence-electron chi connectivity index (χ3n) is 5.26. The van der Waals surface area contributed by atoms with E-state index in [1.807, 2.05) is 26.0 Å². The molecular weight excluding hydrogens is 432 g/mol. The number of hydrogen-bond acceptors (Lipinski definition) is 6. The van der Waals surface area contributed by atoms with Gasteiger partial charge in [0.15, 0.2) is 15.0 Å². The molecule has 2 aromatic heterocycles. The van der Waals surface area contributed by atoms with Crippen LogP contribution in [0.5, 0.6) is 0 Å². The van der Waals surface area contributed by atoms with Gasteiger partial charge < -0.3 is 4.42 Å². The molecule has 0 saturated heterocycles. The Balaban J connectivity index is 1.80. The Morgan fingerprint density at radius 3 is 2.65 bits per heavy atom. The molecule has 0 aliphatic carbocycles. The fourth-order valence-corrected chi connectivity index (χ4v) is 5.21. The Kier molecular flexibility index (Phi) is 5.68. The second-order valence-electron chi connectivity index (χ2n) is 7.25. The van der Waals surface area contributed by atoms with E-state index in [1.54, 1.807) is 37.5 Å². The number of amides is 1. The minimum absolute atomic E-state index is 0.0305. The first-order valence-electron chi connectivity index (χ1n) is 9.84. The average Bonchev–Trinajstić information content (AvgIpc) is 3.44. The van der Waals surface area contributed by atoms with Crippen LogP contribution in [-0.4, -0.2) is 25.1 Å². The molecule has 0 unspecified atom stereocenters. The second kappa shape index (κ2) is 8.28. The predicted molar refractivity (Wildman–Crippen MR) is 122 cm³/mol. The van der Waals surface area contributed by atoms with Crippen LogP contribution in [-0.2, 0) is 16.4 Å². The van der Waals surface area contributed by atoms with Gasteiger partial charge in [-0.05, 0) is 61.4 Å². The van der Waals surface area contributed by atoms with Gasteiger partial charge >= 0.3 is 0 Å². The second-order valence-corrected chi connectivity index (χ2v) is 10.5. The first-order chi connectivity index (χ1) is 14.8. The normalized spacial score (nSPS) is 11.7.